The molecule has 1 N–H and O–H groups in total. The summed E-state index contributed by atoms with van der Waals surface area (Å²) in [5.74, 6) is -1.92. The fourth-order valence-corrected chi connectivity index (χ4v) is 2.12. The summed E-state index contributed by atoms with van der Waals surface area (Å²) in [6, 6.07) is 2.07. The first-order valence-corrected chi connectivity index (χ1v) is 6.57. The third-order valence-electron chi connectivity index (χ3n) is 2.51. The smallest absolute Gasteiger partial charge is 0.419 e. The molecule has 0 heterocycles. The minimum Gasteiger partial charge on any atom is -0.466 e. The van der Waals surface area contributed by atoms with Gasteiger partial charge < -0.3 is 14.8 Å². The van der Waals surface area contributed by atoms with Gasteiger partial charge in [-0.1, -0.05) is 23.2 Å². The molecule has 0 aromatic heterocycles. The first kappa shape index (κ1) is 19.1. The average Bonchev–Trinajstić information content (AvgIpc) is 2.46. The zero-order valence-corrected chi connectivity index (χ0v) is 13.3. The van der Waals surface area contributed by atoms with E-state index in [0.717, 1.165) is 26.4 Å². The van der Waals surface area contributed by atoms with Crippen molar-refractivity contribution in [3.63, 3.8) is 0 Å². The summed E-state index contributed by atoms with van der Waals surface area (Å²) >= 11 is 11.2. The standard InChI is InChI=1S/C13H10Cl2F3NO4/c1-22-9(20)5-8(12(21)23-2)19-7-4-3-6(14)10(11(7)15)13(16,17)18/h3-5,19H,1-2H3/b8-5+. The van der Waals surface area contributed by atoms with Crippen LogP contribution in [0.15, 0.2) is 23.9 Å². The summed E-state index contributed by atoms with van der Waals surface area (Å²) in [6.45, 7) is 0. The molecule has 1 aromatic rings. The van der Waals surface area contributed by atoms with Crippen LogP contribution in [0.5, 0.6) is 0 Å². The van der Waals surface area contributed by atoms with Gasteiger partial charge in [0.2, 0.25) is 0 Å². The normalized spacial score (nSPS) is 11.9. The highest BCUT2D eigenvalue weighted by Crippen LogP contribution is 2.43. The van der Waals surface area contributed by atoms with E-state index in [1.807, 2.05) is 0 Å². The number of methoxy groups -OCH3 is 2. The van der Waals surface area contributed by atoms with Crippen molar-refractivity contribution < 1.29 is 32.2 Å². The van der Waals surface area contributed by atoms with E-state index in [1.165, 1.54) is 0 Å². The van der Waals surface area contributed by atoms with Crippen LogP contribution in [0.1, 0.15) is 5.56 Å². The van der Waals surface area contributed by atoms with Gasteiger partial charge in [-0.2, -0.15) is 13.2 Å². The molecule has 0 atom stereocenters. The minimum absolute atomic E-state index is 0.288. The number of nitrogens with one attached hydrogen (secondary N) is 1. The molecule has 0 fully saturated rings. The van der Waals surface area contributed by atoms with Crippen molar-refractivity contribution in [3.8, 4) is 0 Å². The summed E-state index contributed by atoms with van der Waals surface area (Å²) in [5, 5.41) is 0.932. The van der Waals surface area contributed by atoms with E-state index in [1.54, 1.807) is 0 Å². The molecule has 126 valence electrons. The van der Waals surface area contributed by atoms with Crippen molar-refractivity contribution in [2.75, 3.05) is 19.5 Å². The van der Waals surface area contributed by atoms with Crippen LogP contribution in [0.25, 0.3) is 0 Å². The monoisotopic (exact) mass is 371 g/mol. The molecule has 10 heteroatoms. The maximum atomic E-state index is 12.9. The van der Waals surface area contributed by atoms with Crippen molar-refractivity contribution in [2.45, 2.75) is 6.18 Å². The van der Waals surface area contributed by atoms with E-state index < -0.39 is 39.4 Å². The number of benzene rings is 1. The molecule has 23 heavy (non-hydrogen) atoms. The highest BCUT2D eigenvalue weighted by molar-refractivity contribution is 6.38. The summed E-state index contributed by atoms with van der Waals surface area (Å²) in [7, 11) is 2.09. The molecule has 0 saturated carbocycles. The summed E-state index contributed by atoms with van der Waals surface area (Å²) < 4.78 is 47.6. The van der Waals surface area contributed by atoms with Gasteiger partial charge >= 0.3 is 18.1 Å². The van der Waals surface area contributed by atoms with Gasteiger partial charge in [-0.3, -0.25) is 0 Å². The molecule has 0 spiro atoms. The highest BCUT2D eigenvalue weighted by Gasteiger charge is 2.37. The molecule has 1 rings (SSSR count). The Morgan fingerprint density at radius 3 is 2.26 bits per heavy atom. The third-order valence-corrected chi connectivity index (χ3v) is 3.22. The molecule has 0 unspecified atom stereocenters. The summed E-state index contributed by atoms with van der Waals surface area (Å²) in [4.78, 5) is 22.8. The molecule has 1 aromatic carbocycles. The molecular formula is C13H10Cl2F3NO4. The number of alkyl halides is 3. The van der Waals surface area contributed by atoms with E-state index in [4.69, 9.17) is 23.2 Å². The van der Waals surface area contributed by atoms with Gasteiger partial charge in [0.25, 0.3) is 0 Å². The summed E-state index contributed by atoms with van der Waals surface area (Å²) in [6.07, 6.45) is -4.09. The first-order chi connectivity index (χ1) is 10.6. The molecule has 0 aliphatic heterocycles. The van der Waals surface area contributed by atoms with Crippen LogP contribution >= 0.6 is 23.2 Å². The lowest BCUT2D eigenvalue weighted by Gasteiger charge is -2.16. The molecule has 0 aliphatic rings. The zero-order valence-electron chi connectivity index (χ0n) is 11.8. The van der Waals surface area contributed by atoms with E-state index in [9.17, 15) is 22.8 Å². The van der Waals surface area contributed by atoms with Gasteiger partial charge in [-0.05, 0) is 12.1 Å². The Kier molecular flexibility index (Phi) is 6.28. The van der Waals surface area contributed by atoms with Gasteiger partial charge in [0.1, 0.15) is 5.70 Å². The summed E-state index contributed by atoms with van der Waals surface area (Å²) in [5.41, 5.74) is -2.02. The zero-order chi connectivity index (χ0) is 17.8. The lowest BCUT2D eigenvalue weighted by atomic mass is 10.2. The maximum absolute atomic E-state index is 12.9. The number of ether oxygens (including phenoxy) is 2. The van der Waals surface area contributed by atoms with E-state index in [0.29, 0.717) is 6.08 Å². The molecule has 5 nitrogen and oxygen atoms in total. The van der Waals surface area contributed by atoms with Crippen molar-refractivity contribution in [3.05, 3.63) is 39.5 Å². The number of carbonyl (C=O) groups excluding carboxylic acids is 2. The number of rotatable bonds is 4. The Balaban J connectivity index is 3.33. The number of esters is 2. The van der Waals surface area contributed by atoms with Crippen molar-refractivity contribution in [2.24, 2.45) is 0 Å². The fraction of sp³-hybridized carbons (Fsp3) is 0.231. The average molecular weight is 372 g/mol. The van der Waals surface area contributed by atoms with Crippen LogP contribution in [-0.2, 0) is 25.2 Å². The number of hydrogen-bond donors (Lipinski definition) is 1. The van der Waals surface area contributed by atoms with Gasteiger partial charge in [0.05, 0.1) is 41.6 Å². The second-order valence-electron chi connectivity index (χ2n) is 3.98. The van der Waals surface area contributed by atoms with Gasteiger partial charge in [-0.15, -0.1) is 0 Å². The Labute approximate surface area is 138 Å². The largest absolute Gasteiger partial charge is 0.466 e. The van der Waals surface area contributed by atoms with E-state index >= 15 is 0 Å². The van der Waals surface area contributed by atoms with Gasteiger partial charge in [-0.25, -0.2) is 9.59 Å². The minimum atomic E-state index is -4.80. The second-order valence-corrected chi connectivity index (χ2v) is 4.76. The van der Waals surface area contributed by atoms with Crippen LogP contribution in [0.3, 0.4) is 0 Å². The lowest BCUT2D eigenvalue weighted by molar-refractivity contribution is -0.138. The predicted octanol–water partition coefficient (Wildman–Crippen LogP) is 3.65. The van der Waals surface area contributed by atoms with Gasteiger partial charge in [0, 0.05) is 0 Å². The van der Waals surface area contributed by atoms with E-state index in [-0.39, 0.29) is 5.69 Å². The number of anilines is 1. The number of halogens is 5. The molecule has 0 aliphatic carbocycles. The van der Waals surface area contributed by atoms with Crippen LogP contribution in [0, 0.1) is 0 Å². The van der Waals surface area contributed by atoms with Crippen molar-refractivity contribution in [1.82, 2.24) is 0 Å². The topological polar surface area (TPSA) is 64.6 Å². The van der Waals surface area contributed by atoms with Crippen LogP contribution < -0.4 is 5.32 Å². The van der Waals surface area contributed by atoms with Crippen molar-refractivity contribution in [1.29, 1.82) is 0 Å². The maximum Gasteiger partial charge on any atom is 0.419 e. The highest BCUT2D eigenvalue weighted by atomic mass is 35.5. The van der Waals surface area contributed by atoms with Crippen molar-refractivity contribution >= 4 is 40.8 Å². The second kappa shape index (κ2) is 7.56. The van der Waals surface area contributed by atoms with E-state index in [2.05, 4.69) is 14.8 Å². The number of carbonyl (C=O) groups is 2. The Bertz CT molecular complexity index is 659. The molecule has 0 saturated heterocycles. The molecule has 0 amide bonds. The van der Waals surface area contributed by atoms with Gasteiger partial charge in [0.15, 0.2) is 0 Å². The molecular weight excluding hydrogens is 362 g/mol. The Morgan fingerprint density at radius 1 is 1.17 bits per heavy atom. The van der Waals surface area contributed by atoms with Crippen LogP contribution in [0.4, 0.5) is 18.9 Å². The Morgan fingerprint density at radius 2 is 1.78 bits per heavy atom. The number of hydrogen-bond acceptors (Lipinski definition) is 5. The van der Waals surface area contributed by atoms with Crippen LogP contribution in [0.2, 0.25) is 10.0 Å². The fourth-order valence-electron chi connectivity index (χ4n) is 1.49. The quantitative estimate of drug-likeness (QED) is 0.646. The molecule has 0 bridgehead atoms. The Hall–Kier alpha value is -1.93. The SMILES string of the molecule is COC(=O)/C=C(/Nc1ccc(Cl)c(C(F)(F)F)c1Cl)C(=O)OC. The third kappa shape index (κ3) is 4.77. The first-order valence-electron chi connectivity index (χ1n) is 5.82. The van der Waals surface area contributed by atoms with Crippen LogP contribution in [-0.4, -0.2) is 26.2 Å². The lowest BCUT2D eigenvalue weighted by Crippen LogP contribution is -2.16. The molecule has 0 radical (unpaired) electrons. The predicted molar refractivity (Wildman–Crippen MR) is 77.2 cm³/mol.